The fraction of sp³-hybridized carbons (Fsp3) is 0.619. The second-order valence-electron chi connectivity index (χ2n) is 7.81. The summed E-state index contributed by atoms with van der Waals surface area (Å²) >= 11 is 0. The molecule has 27 heavy (non-hydrogen) atoms. The quantitative estimate of drug-likeness (QED) is 0.696. The van der Waals surface area contributed by atoms with Gasteiger partial charge in [0.05, 0.1) is 17.9 Å². The number of aryl methyl sites for hydroxylation is 1. The molecule has 2 aromatic heterocycles. The molecule has 1 atom stereocenters. The normalized spacial score (nSPS) is 22.5. The fourth-order valence-corrected chi connectivity index (χ4v) is 4.46. The van der Waals surface area contributed by atoms with Gasteiger partial charge in [-0.1, -0.05) is 11.2 Å². The Morgan fingerprint density at radius 1 is 1.33 bits per heavy atom. The molecule has 2 saturated heterocycles. The smallest absolute Gasteiger partial charge is 0.133 e. The third-order valence-corrected chi connectivity index (χ3v) is 5.97. The molecule has 2 aromatic rings. The Morgan fingerprint density at radius 2 is 2.22 bits per heavy atom. The molecular formula is C21H29N3O3. The van der Waals surface area contributed by atoms with Gasteiger partial charge >= 0.3 is 0 Å². The Morgan fingerprint density at radius 3 is 2.96 bits per heavy atom. The van der Waals surface area contributed by atoms with E-state index in [0.29, 0.717) is 12.5 Å². The molecule has 2 fully saturated rings. The van der Waals surface area contributed by atoms with Crippen molar-refractivity contribution in [3.8, 4) is 0 Å². The first-order valence-corrected chi connectivity index (χ1v) is 9.99. The number of rotatable bonds is 7. The number of hydrogen-bond acceptors (Lipinski definition) is 6. The van der Waals surface area contributed by atoms with Gasteiger partial charge in [-0.25, -0.2) is 0 Å². The minimum Gasteiger partial charge on any atom is -0.377 e. The molecule has 0 aromatic carbocycles. The molecule has 0 radical (unpaired) electrons. The van der Waals surface area contributed by atoms with Crippen LogP contribution in [0.4, 0.5) is 0 Å². The molecule has 6 nitrogen and oxygen atoms in total. The van der Waals surface area contributed by atoms with Crippen molar-refractivity contribution in [1.29, 1.82) is 0 Å². The van der Waals surface area contributed by atoms with Crippen molar-refractivity contribution in [2.45, 2.75) is 51.4 Å². The van der Waals surface area contributed by atoms with Crippen molar-refractivity contribution in [2.24, 2.45) is 5.92 Å². The lowest BCUT2D eigenvalue weighted by Crippen LogP contribution is -2.47. The Labute approximate surface area is 160 Å². The van der Waals surface area contributed by atoms with Gasteiger partial charge in [0.25, 0.3) is 0 Å². The maximum Gasteiger partial charge on any atom is 0.133 e. The first kappa shape index (κ1) is 18.6. The van der Waals surface area contributed by atoms with Crippen molar-refractivity contribution in [2.75, 3.05) is 26.3 Å². The van der Waals surface area contributed by atoms with Crippen molar-refractivity contribution in [3.63, 3.8) is 0 Å². The molecule has 0 saturated carbocycles. The van der Waals surface area contributed by atoms with Crippen molar-refractivity contribution >= 4 is 0 Å². The zero-order chi connectivity index (χ0) is 18.5. The number of likely N-dealkylation sites (tertiary alicyclic amines) is 1. The molecule has 0 unspecified atom stereocenters. The van der Waals surface area contributed by atoms with Gasteiger partial charge in [0.2, 0.25) is 0 Å². The Kier molecular flexibility index (Phi) is 5.86. The number of piperidine rings is 1. The first-order valence-electron chi connectivity index (χ1n) is 9.99. The second-order valence-corrected chi connectivity index (χ2v) is 7.81. The minimum absolute atomic E-state index is 0.0495. The van der Waals surface area contributed by atoms with Gasteiger partial charge in [-0.15, -0.1) is 0 Å². The van der Waals surface area contributed by atoms with E-state index in [1.54, 1.807) is 6.20 Å². The van der Waals surface area contributed by atoms with Gasteiger partial charge in [-0.3, -0.25) is 9.88 Å². The van der Waals surface area contributed by atoms with Crippen LogP contribution < -0.4 is 0 Å². The molecule has 0 bridgehead atoms. The molecule has 0 N–H and O–H groups in total. The van der Waals surface area contributed by atoms with Crippen molar-refractivity contribution in [1.82, 2.24) is 15.0 Å². The van der Waals surface area contributed by atoms with Crippen LogP contribution in [0.2, 0.25) is 0 Å². The standard InChI is InChI=1S/C21H29N3O3/c1-17-13-20(23-27-17)15-24-9-6-21(7-10-24)19(5-12-26-21)4-11-25-16-18-3-2-8-22-14-18/h2-3,8,13-14,19H,4-7,9-12,15-16H2,1H3/t19-/m1/s1. The van der Waals surface area contributed by atoms with E-state index in [0.717, 1.165) is 75.5 Å². The number of pyridine rings is 1. The van der Waals surface area contributed by atoms with E-state index >= 15 is 0 Å². The van der Waals surface area contributed by atoms with Crippen LogP contribution in [0, 0.1) is 12.8 Å². The SMILES string of the molecule is Cc1cc(CN2CCC3(CC2)OCC[C@H]3CCOCc2cccnc2)no1. The second kappa shape index (κ2) is 8.50. The lowest BCUT2D eigenvalue weighted by Gasteiger charge is -2.42. The predicted octanol–water partition coefficient (Wildman–Crippen LogP) is 3.36. The van der Waals surface area contributed by atoms with Crippen molar-refractivity contribution < 1.29 is 14.0 Å². The summed E-state index contributed by atoms with van der Waals surface area (Å²) in [6.45, 7) is 7.22. The average Bonchev–Trinajstić information content (AvgIpc) is 3.28. The van der Waals surface area contributed by atoms with Crippen LogP contribution in [-0.4, -0.2) is 46.9 Å². The highest BCUT2D eigenvalue weighted by atomic mass is 16.5. The van der Waals surface area contributed by atoms with Crippen LogP contribution in [0.25, 0.3) is 0 Å². The van der Waals surface area contributed by atoms with E-state index in [4.69, 9.17) is 14.0 Å². The summed E-state index contributed by atoms with van der Waals surface area (Å²) in [5.74, 6) is 1.48. The summed E-state index contributed by atoms with van der Waals surface area (Å²) in [6.07, 6.45) is 8.07. The van der Waals surface area contributed by atoms with Gasteiger partial charge in [-0.05, 0) is 50.2 Å². The maximum atomic E-state index is 6.29. The van der Waals surface area contributed by atoms with Gasteiger partial charge in [0, 0.05) is 51.3 Å². The molecule has 1 spiro atoms. The molecule has 0 amide bonds. The van der Waals surface area contributed by atoms with Gasteiger partial charge in [0.1, 0.15) is 5.76 Å². The Balaban J connectivity index is 1.23. The van der Waals surface area contributed by atoms with Crippen LogP contribution in [0.15, 0.2) is 35.1 Å². The maximum absolute atomic E-state index is 6.29. The van der Waals surface area contributed by atoms with E-state index in [9.17, 15) is 0 Å². The molecule has 146 valence electrons. The van der Waals surface area contributed by atoms with Gasteiger partial charge in [-0.2, -0.15) is 0 Å². The van der Waals surface area contributed by atoms with Gasteiger partial charge < -0.3 is 14.0 Å². The Hall–Kier alpha value is -1.76. The summed E-state index contributed by atoms with van der Waals surface area (Å²) in [4.78, 5) is 6.59. The highest BCUT2D eigenvalue weighted by molar-refractivity contribution is 5.07. The van der Waals surface area contributed by atoms with Crippen LogP contribution in [0.3, 0.4) is 0 Å². The van der Waals surface area contributed by atoms with E-state index < -0.39 is 0 Å². The molecule has 2 aliphatic rings. The summed E-state index contributed by atoms with van der Waals surface area (Å²) in [6, 6.07) is 6.03. The summed E-state index contributed by atoms with van der Waals surface area (Å²) < 4.78 is 17.4. The number of nitrogens with zero attached hydrogens (tertiary/aromatic N) is 3. The van der Waals surface area contributed by atoms with Crippen LogP contribution in [0.5, 0.6) is 0 Å². The summed E-state index contributed by atoms with van der Waals surface area (Å²) in [5, 5.41) is 4.12. The zero-order valence-electron chi connectivity index (χ0n) is 16.1. The number of ether oxygens (including phenoxy) is 2. The minimum atomic E-state index is 0.0495. The fourth-order valence-electron chi connectivity index (χ4n) is 4.46. The molecule has 2 aliphatic heterocycles. The predicted molar refractivity (Wildman–Crippen MR) is 101 cm³/mol. The lowest BCUT2D eigenvalue weighted by molar-refractivity contribution is -0.0735. The third-order valence-electron chi connectivity index (χ3n) is 5.97. The first-order chi connectivity index (χ1) is 13.2. The van der Waals surface area contributed by atoms with Crippen molar-refractivity contribution in [3.05, 3.63) is 47.6 Å². The van der Waals surface area contributed by atoms with Gasteiger partial charge in [0.15, 0.2) is 0 Å². The molecule has 4 rings (SSSR count). The monoisotopic (exact) mass is 371 g/mol. The topological polar surface area (TPSA) is 60.6 Å². The van der Waals surface area contributed by atoms with Crippen LogP contribution >= 0.6 is 0 Å². The summed E-state index contributed by atoms with van der Waals surface area (Å²) in [7, 11) is 0. The van der Waals surface area contributed by atoms with E-state index in [1.807, 2.05) is 25.3 Å². The third kappa shape index (κ3) is 4.57. The molecule has 4 heterocycles. The Bertz CT molecular complexity index is 710. The lowest BCUT2D eigenvalue weighted by atomic mass is 9.78. The zero-order valence-corrected chi connectivity index (χ0v) is 16.1. The van der Waals surface area contributed by atoms with E-state index in [-0.39, 0.29) is 5.60 Å². The number of hydrogen-bond donors (Lipinski definition) is 0. The highest BCUT2D eigenvalue weighted by Gasteiger charge is 2.45. The number of aromatic nitrogens is 2. The van der Waals surface area contributed by atoms with E-state index in [1.165, 1.54) is 0 Å². The highest BCUT2D eigenvalue weighted by Crippen LogP contribution is 2.42. The molecular weight excluding hydrogens is 342 g/mol. The van der Waals surface area contributed by atoms with Crippen LogP contribution in [0.1, 0.15) is 42.7 Å². The largest absolute Gasteiger partial charge is 0.377 e. The van der Waals surface area contributed by atoms with E-state index in [2.05, 4.69) is 21.1 Å². The molecule has 6 heteroatoms. The summed E-state index contributed by atoms with van der Waals surface area (Å²) in [5.41, 5.74) is 2.20. The average molecular weight is 371 g/mol. The molecule has 0 aliphatic carbocycles. The van der Waals surface area contributed by atoms with Crippen LogP contribution in [-0.2, 0) is 22.6 Å².